The van der Waals surface area contributed by atoms with Crippen LogP contribution >= 0.6 is 0 Å². The number of likely N-dealkylation sites (N-methyl/N-ethyl adjacent to an activating group) is 1. The van der Waals surface area contributed by atoms with E-state index < -0.39 is 47.4 Å². The molecule has 1 fully saturated rings. The lowest BCUT2D eigenvalue weighted by atomic mass is 9.87. The van der Waals surface area contributed by atoms with Gasteiger partial charge in [0.1, 0.15) is 17.6 Å². The predicted molar refractivity (Wildman–Crippen MR) is 106 cm³/mol. The molecule has 1 aliphatic rings. The van der Waals surface area contributed by atoms with Crippen molar-refractivity contribution in [3.05, 3.63) is 65.2 Å². The Morgan fingerprint density at radius 1 is 1.13 bits per heavy atom. The molecule has 1 saturated heterocycles. The molecule has 0 bridgehead atoms. The number of ether oxygens (including phenoxy) is 1. The van der Waals surface area contributed by atoms with E-state index in [4.69, 9.17) is 4.74 Å². The van der Waals surface area contributed by atoms with Crippen LogP contribution in [0.15, 0.2) is 42.5 Å². The van der Waals surface area contributed by atoms with Gasteiger partial charge in [-0.25, -0.2) is 13.6 Å². The number of halogens is 2. The van der Waals surface area contributed by atoms with Crippen molar-refractivity contribution in [3.8, 4) is 0 Å². The molecular formula is C22H22F2N2O4. The Morgan fingerprint density at radius 3 is 2.50 bits per heavy atom. The molecule has 2 atom stereocenters. The summed E-state index contributed by atoms with van der Waals surface area (Å²) in [5.41, 5.74) is 0.138. The van der Waals surface area contributed by atoms with E-state index in [1.165, 1.54) is 35.2 Å². The maximum atomic E-state index is 14.2. The quantitative estimate of drug-likeness (QED) is 0.599. The zero-order valence-electron chi connectivity index (χ0n) is 16.8. The zero-order valence-corrected chi connectivity index (χ0v) is 16.8. The number of nitrogens with one attached hydrogen (secondary N) is 1. The van der Waals surface area contributed by atoms with Gasteiger partial charge in [-0.05, 0) is 43.7 Å². The van der Waals surface area contributed by atoms with Gasteiger partial charge in [-0.2, -0.15) is 0 Å². The molecule has 1 N–H and O–H groups in total. The minimum Gasteiger partial charge on any atom is -0.459 e. The Balaban J connectivity index is 1.92. The first kappa shape index (κ1) is 21.4. The molecule has 2 amide bonds. The van der Waals surface area contributed by atoms with Gasteiger partial charge in [-0.15, -0.1) is 0 Å². The lowest BCUT2D eigenvalue weighted by Crippen LogP contribution is -2.33. The highest BCUT2D eigenvalue weighted by Gasteiger charge is 2.44. The minimum absolute atomic E-state index is 0.0380. The second kappa shape index (κ2) is 8.61. The van der Waals surface area contributed by atoms with E-state index in [2.05, 4.69) is 5.32 Å². The molecule has 0 aromatic heterocycles. The van der Waals surface area contributed by atoms with Gasteiger partial charge in [-0.3, -0.25) is 9.59 Å². The predicted octanol–water partition coefficient (Wildman–Crippen LogP) is 3.34. The molecule has 6 nitrogen and oxygen atoms in total. The highest BCUT2D eigenvalue weighted by molar-refractivity contribution is 6.08. The number of esters is 1. The third-order valence-electron chi connectivity index (χ3n) is 4.91. The number of rotatable bonds is 5. The normalized spacial score (nSPS) is 18.6. The number of amides is 2. The van der Waals surface area contributed by atoms with Crippen LogP contribution in [0.5, 0.6) is 0 Å². The van der Waals surface area contributed by atoms with E-state index in [0.29, 0.717) is 5.56 Å². The molecule has 1 aliphatic heterocycles. The van der Waals surface area contributed by atoms with Crippen molar-refractivity contribution in [2.75, 3.05) is 18.9 Å². The fourth-order valence-electron chi connectivity index (χ4n) is 3.47. The molecule has 158 valence electrons. The van der Waals surface area contributed by atoms with Gasteiger partial charge >= 0.3 is 5.97 Å². The number of carbonyl (C=O) groups excluding carboxylic acids is 3. The molecular weight excluding hydrogens is 394 g/mol. The van der Waals surface area contributed by atoms with E-state index in [9.17, 15) is 23.2 Å². The van der Waals surface area contributed by atoms with Gasteiger partial charge in [0, 0.05) is 19.5 Å². The molecule has 8 heteroatoms. The van der Waals surface area contributed by atoms with E-state index in [1.807, 2.05) is 0 Å². The SMILES string of the molecule is CC(C)OC(=O)c1cc([C@H]2CN(C)C(=O)[C@@H]2C(=O)Nc2ccccc2F)ccc1F. The largest absolute Gasteiger partial charge is 0.459 e. The smallest absolute Gasteiger partial charge is 0.341 e. The van der Waals surface area contributed by atoms with Gasteiger partial charge in [0.15, 0.2) is 0 Å². The topological polar surface area (TPSA) is 75.7 Å². The van der Waals surface area contributed by atoms with Gasteiger partial charge < -0.3 is 15.0 Å². The summed E-state index contributed by atoms with van der Waals surface area (Å²) >= 11 is 0. The molecule has 1 heterocycles. The molecule has 3 rings (SSSR count). The third kappa shape index (κ3) is 4.32. The maximum Gasteiger partial charge on any atom is 0.341 e. The van der Waals surface area contributed by atoms with E-state index in [0.717, 1.165) is 6.07 Å². The van der Waals surface area contributed by atoms with E-state index in [-0.39, 0.29) is 17.8 Å². The summed E-state index contributed by atoms with van der Waals surface area (Å²) in [5.74, 6) is -5.10. The van der Waals surface area contributed by atoms with Crippen molar-refractivity contribution in [3.63, 3.8) is 0 Å². The average Bonchev–Trinajstić information content (AvgIpc) is 2.98. The number of anilines is 1. The van der Waals surface area contributed by atoms with Gasteiger partial charge in [0.05, 0.1) is 17.4 Å². The Bertz CT molecular complexity index is 993. The molecule has 2 aromatic carbocycles. The third-order valence-corrected chi connectivity index (χ3v) is 4.91. The van der Waals surface area contributed by atoms with Crippen LogP contribution in [-0.4, -0.2) is 42.4 Å². The molecule has 2 aromatic rings. The Morgan fingerprint density at radius 2 is 1.83 bits per heavy atom. The second-order valence-corrected chi connectivity index (χ2v) is 7.47. The maximum absolute atomic E-state index is 14.2. The molecule has 0 spiro atoms. The molecule has 0 saturated carbocycles. The Hall–Kier alpha value is -3.29. The number of carbonyl (C=O) groups is 3. The summed E-state index contributed by atoms with van der Waals surface area (Å²) in [6, 6.07) is 9.49. The average molecular weight is 416 g/mol. The zero-order chi connectivity index (χ0) is 22.0. The number of nitrogens with zero attached hydrogens (tertiary/aromatic N) is 1. The summed E-state index contributed by atoms with van der Waals surface area (Å²) in [6.45, 7) is 3.49. The van der Waals surface area contributed by atoms with E-state index >= 15 is 0 Å². The standard InChI is InChI=1S/C22H22F2N2O4/c1-12(2)30-22(29)14-10-13(8-9-16(14)23)15-11-26(3)21(28)19(15)20(27)25-18-7-5-4-6-17(18)24/h4-10,12,15,19H,11H2,1-3H3,(H,25,27)/t15-,19+/m1/s1. The van der Waals surface area contributed by atoms with Crippen LogP contribution in [-0.2, 0) is 14.3 Å². The number of hydrogen-bond acceptors (Lipinski definition) is 4. The lowest BCUT2D eigenvalue weighted by molar-refractivity contribution is -0.135. The summed E-state index contributed by atoms with van der Waals surface area (Å²) < 4.78 is 33.2. The number of likely N-dealkylation sites (tertiary alicyclic amines) is 1. The van der Waals surface area contributed by atoms with Gasteiger partial charge in [0.25, 0.3) is 0 Å². The van der Waals surface area contributed by atoms with Crippen LogP contribution in [0.25, 0.3) is 0 Å². The number of para-hydroxylation sites is 1. The highest BCUT2D eigenvalue weighted by Crippen LogP contribution is 2.35. The van der Waals surface area contributed by atoms with Crippen molar-refractivity contribution >= 4 is 23.5 Å². The monoisotopic (exact) mass is 416 g/mol. The molecule has 0 aliphatic carbocycles. The van der Waals surface area contributed by atoms with Gasteiger partial charge in [0.2, 0.25) is 11.8 Å². The summed E-state index contributed by atoms with van der Waals surface area (Å²) in [4.78, 5) is 39.1. The van der Waals surface area contributed by atoms with Crippen molar-refractivity contribution in [2.45, 2.75) is 25.9 Å². The number of benzene rings is 2. The summed E-state index contributed by atoms with van der Waals surface area (Å²) in [5, 5.41) is 2.45. The van der Waals surface area contributed by atoms with Crippen LogP contribution in [0.4, 0.5) is 14.5 Å². The van der Waals surface area contributed by atoms with Crippen molar-refractivity contribution in [1.29, 1.82) is 0 Å². The second-order valence-electron chi connectivity index (χ2n) is 7.47. The summed E-state index contributed by atoms with van der Waals surface area (Å²) in [7, 11) is 1.54. The van der Waals surface area contributed by atoms with Crippen LogP contribution in [0.2, 0.25) is 0 Å². The highest BCUT2D eigenvalue weighted by atomic mass is 19.1. The first-order valence-electron chi connectivity index (χ1n) is 9.49. The molecule has 0 radical (unpaired) electrons. The molecule has 0 unspecified atom stereocenters. The fraction of sp³-hybridized carbons (Fsp3) is 0.318. The summed E-state index contributed by atoms with van der Waals surface area (Å²) in [6.07, 6.45) is -0.431. The fourth-order valence-corrected chi connectivity index (χ4v) is 3.47. The van der Waals surface area contributed by atoms with Crippen molar-refractivity contribution in [2.24, 2.45) is 5.92 Å². The minimum atomic E-state index is -1.14. The van der Waals surface area contributed by atoms with Crippen LogP contribution in [0, 0.1) is 17.6 Å². The molecule has 30 heavy (non-hydrogen) atoms. The first-order valence-corrected chi connectivity index (χ1v) is 9.49. The Labute approximate surface area is 172 Å². The lowest BCUT2D eigenvalue weighted by Gasteiger charge is -2.18. The Kier molecular flexibility index (Phi) is 6.14. The van der Waals surface area contributed by atoms with Crippen molar-refractivity contribution in [1.82, 2.24) is 4.90 Å². The van der Waals surface area contributed by atoms with Crippen LogP contribution < -0.4 is 5.32 Å². The van der Waals surface area contributed by atoms with Crippen LogP contribution in [0.3, 0.4) is 0 Å². The van der Waals surface area contributed by atoms with E-state index in [1.54, 1.807) is 27.0 Å². The van der Waals surface area contributed by atoms with Crippen molar-refractivity contribution < 1.29 is 27.9 Å². The first-order chi connectivity index (χ1) is 14.2. The number of hydrogen-bond donors (Lipinski definition) is 1. The van der Waals surface area contributed by atoms with Gasteiger partial charge in [-0.1, -0.05) is 18.2 Å². The van der Waals surface area contributed by atoms with Crippen LogP contribution in [0.1, 0.15) is 35.7 Å².